The van der Waals surface area contributed by atoms with E-state index in [1.807, 2.05) is 24.3 Å². The predicted octanol–water partition coefficient (Wildman–Crippen LogP) is 3.11. The van der Waals surface area contributed by atoms with Crippen molar-refractivity contribution in [2.45, 2.75) is 43.9 Å². The maximum absolute atomic E-state index is 6.08. The molecule has 2 atom stereocenters. The van der Waals surface area contributed by atoms with Crippen LogP contribution in [0.25, 0.3) is 0 Å². The minimum Gasteiger partial charge on any atom is -0.489 e. The van der Waals surface area contributed by atoms with Crippen LogP contribution in [0.2, 0.25) is 0 Å². The second kappa shape index (κ2) is 4.38. The van der Waals surface area contributed by atoms with E-state index in [9.17, 15) is 0 Å². The van der Waals surface area contributed by atoms with Gasteiger partial charge in [0.1, 0.15) is 11.9 Å². The van der Waals surface area contributed by atoms with Crippen molar-refractivity contribution in [1.29, 1.82) is 0 Å². The zero-order valence-corrected chi connectivity index (χ0v) is 10.7. The number of fused-ring (bicyclic) bond motifs is 2. The SMILES string of the molecule is Brc1ccccc1OC1CC2CCC(C1)N2. The van der Waals surface area contributed by atoms with Crippen LogP contribution in [-0.2, 0) is 0 Å². The number of halogens is 1. The highest BCUT2D eigenvalue weighted by Gasteiger charge is 2.34. The quantitative estimate of drug-likeness (QED) is 0.900. The lowest BCUT2D eigenvalue weighted by molar-refractivity contribution is 0.136. The molecule has 0 saturated carbocycles. The van der Waals surface area contributed by atoms with Gasteiger partial charge in [-0.3, -0.25) is 0 Å². The molecule has 2 nitrogen and oxygen atoms in total. The summed E-state index contributed by atoms with van der Waals surface area (Å²) in [6.07, 6.45) is 5.33. The summed E-state index contributed by atoms with van der Waals surface area (Å²) >= 11 is 3.53. The Morgan fingerprint density at radius 3 is 2.50 bits per heavy atom. The summed E-state index contributed by atoms with van der Waals surface area (Å²) in [6, 6.07) is 9.48. The van der Waals surface area contributed by atoms with Crippen molar-refractivity contribution in [2.24, 2.45) is 0 Å². The summed E-state index contributed by atoms with van der Waals surface area (Å²) in [5, 5.41) is 3.63. The number of ether oxygens (including phenoxy) is 1. The molecular weight excluding hydrogens is 266 g/mol. The Kier molecular flexibility index (Phi) is 2.90. The first-order chi connectivity index (χ1) is 7.81. The van der Waals surface area contributed by atoms with Crippen molar-refractivity contribution in [3.05, 3.63) is 28.7 Å². The number of hydrogen-bond donors (Lipinski definition) is 1. The van der Waals surface area contributed by atoms with Gasteiger partial charge in [0.15, 0.2) is 0 Å². The van der Waals surface area contributed by atoms with Crippen LogP contribution in [0.4, 0.5) is 0 Å². The number of para-hydroxylation sites is 1. The molecule has 1 N–H and O–H groups in total. The third kappa shape index (κ3) is 2.11. The zero-order valence-electron chi connectivity index (χ0n) is 9.16. The maximum atomic E-state index is 6.08. The zero-order chi connectivity index (χ0) is 11.0. The van der Waals surface area contributed by atoms with E-state index in [0.717, 1.165) is 23.1 Å². The van der Waals surface area contributed by atoms with Crippen LogP contribution in [-0.4, -0.2) is 18.2 Å². The topological polar surface area (TPSA) is 21.3 Å². The monoisotopic (exact) mass is 281 g/mol. The largest absolute Gasteiger partial charge is 0.489 e. The minimum atomic E-state index is 0.387. The molecule has 0 amide bonds. The second-order valence-electron chi connectivity index (χ2n) is 4.78. The highest BCUT2D eigenvalue weighted by molar-refractivity contribution is 9.10. The Bertz CT molecular complexity index is 370. The van der Waals surface area contributed by atoms with Gasteiger partial charge in [-0.25, -0.2) is 0 Å². The van der Waals surface area contributed by atoms with Gasteiger partial charge in [-0.2, -0.15) is 0 Å². The summed E-state index contributed by atoms with van der Waals surface area (Å²) in [5.74, 6) is 0.980. The molecule has 2 saturated heterocycles. The average molecular weight is 282 g/mol. The lowest BCUT2D eigenvalue weighted by atomic mass is 10.0. The molecule has 2 fully saturated rings. The Hall–Kier alpha value is -0.540. The van der Waals surface area contributed by atoms with Gasteiger partial charge in [-0.05, 0) is 53.7 Å². The van der Waals surface area contributed by atoms with Crippen molar-refractivity contribution in [1.82, 2.24) is 5.32 Å². The Morgan fingerprint density at radius 2 is 1.81 bits per heavy atom. The number of rotatable bonds is 2. The molecule has 2 aliphatic rings. The smallest absolute Gasteiger partial charge is 0.133 e. The van der Waals surface area contributed by atoms with Gasteiger partial charge < -0.3 is 10.1 Å². The second-order valence-corrected chi connectivity index (χ2v) is 5.63. The predicted molar refractivity (Wildman–Crippen MR) is 67.7 cm³/mol. The Morgan fingerprint density at radius 1 is 1.12 bits per heavy atom. The van der Waals surface area contributed by atoms with E-state index in [1.165, 1.54) is 12.8 Å². The van der Waals surface area contributed by atoms with Gasteiger partial charge in [0.25, 0.3) is 0 Å². The molecule has 0 radical (unpaired) electrons. The first kappa shape index (κ1) is 10.6. The number of piperidine rings is 1. The van der Waals surface area contributed by atoms with Crippen molar-refractivity contribution in [2.75, 3.05) is 0 Å². The van der Waals surface area contributed by atoms with E-state index >= 15 is 0 Å². The van der Waals surface area contributed by atoms with Gasteiger partial charge in [-0.15, -0.1) is 0 Å². The van der Waals surface area contributed by atoms with Crippen LogP contribution >= 0.6 is 15.9 Å². The van der Waals surface area contributed by atoms with E-state index in [-0.39, 0.29) is 0 Å². The van der Waals surface area contributed by atoms with Crippen LogP contribution in [0.5, 0.6) is 5.75 Å². The van der Waals surface area contributed by atoms with Crippen LogP contribution in [0, 0.1) is 0 Å². The average Bonchev–Trinajstić information content (AvgIpc) is 2.62. The third-order valence-electron chi connectivity index (χ3n) is 3.56. The van der Waals surface area contributed by atoms with Crippen LogP contribution in [0.15, 0.2) is 28.7 Å². The summed E-state index contributed by atoms with van der Waals surface area (Å²) in [6.45, 7) is 0. The number of nitrogens with one attached hydrogen (secondary N) is 1. The first-order valence-corrected chi connectivity index (χ1v) is 6.78. The maximum Gasteiger partial charge on any atom is 0.133 e. The molecule has 3 rings (SSSR count). The molecule has 86 valence electrons. The number of hydrogen-bond acceptors (Lipinski definition) is 2. The molecule has 2 aliphatic heterocycles. The molecule has 0 aliphatic carbocycles. The van der Waals surface area contributed by atoms with Crippen molar-refractivity contribution in [3.8, 4) is 5.75 Å². The first-order valence-electron chi connectivity index (χ1n) is 5.98. The molecule has 0 spiro atoms. The van der Waals surface area contributed by atoms with E-state index in [0.29, 0.717) is 18.2 Å². The minimum absolute atomic E-state index is 0.387. The Labute approximate surface area is 105 Å². The summed E-state index contributed by atoms with van der Waals surface area (Å²) in [7, 11) is 0. The molecule has 3 heteroatoms. The van der Waals surface area contributed by atoms with Crippen molar-refractivity contribution in [3.63, 3.8) is 0 Å². The fraction of sp³-hybridized carbons (Fsp3) is 0.538. The van der Waals surface area contributed by atoms with Crippen LogP contribution in [0.1, 0.15) is 25.7 Å². The van der Waals surface area contributed by atoms with Crippen molar-refractivity contribution >= 4 is 15.9 Å². The molecule has 0 aromatic heterocycles. The molecule has 2 heterocycles. The highest BCUT2D eigenvalue weighted by atomic mass is 79.9. The van der Waals surface area contributed by atoms with Gasteiger partial charge in [0, 0.05) is 12.1 Å². The van der Waals surface area contributed by atoms with Crippen LogP contribution in [0.3, 0.4) is 0 Å². The van der Waals surface area contributed by atoms with Crippen molar-refractivity contribution < 1.29 is 4.74 Å². The van der Waals surface area contributed by atoms with E-state index in [2.05, 4.69) is 21.2 Å². The molecular formula is C13H16BrNO. The molecule has 1 aromatic carbocycles. The molecule has 2 unspecified atom stereocenters. The third-order valence-corrected chi connectivity index (χ3v) is 4.22. The fourth-order valence-corrected chi connectivity index (χ4v) is 3.20. The van der Waals surface area contributed by atoms with Crippen LogP contribution < -0.4 is 10.1 Å². The summed E-state index contributed by atoms with van der Waals surface area (Å²) in [4.78, 5) is 0. The molecule has 16 heavy (non-hydrogen) atoms. The van der Waals surface area contributed by atoms with Gasteiger partial charge >= 0.3 is 0 Å². The molecule has 1 aromatic rings. The van der Waals surface area contributed by atoms with E-state index in [4.69, 9.17) is 4.74 Å². The summed E-state index contributed by atoms with van der Waals surface area (Å²) in [5.41, 5.74) is 0. The number of benzene rings is 1. The Balaban J connectivity index is 1.69. The summed E-state index contributed by atoms with van der Waals surface area (Å²) < 4.78 is 7.14. The fourth-order valence-electron chi connectivity index (χ4n) is 2.82. The molecule has 2 bridgehead atoms. The standard InChI is InChI=1S/C13H16BrNO/c14-12-3-1-2-4-13(12)16-11-7-9-5-6-10(8-11)15-9/h1-4,9-11,15H,5-8H2. The highest BCUT2D eigenvalue weighted by Crippen LogP contribution is 2.32. The lowest BCUT2D eigenvalue weighted by Crippen LogP contribution is -2.42. The van der Waals surface area contributed by atoms with Gasteiger partial charge in [0.2, 0.25) is 0 Å². The van der Waals surface area contributed by atoms with Gasteiger partial charge in [0.05, 0.1) is 4.47 Å². The normalized spacial score (nSPS) is 32.7. The van der Waals surface area contributed by atoms with Gasteiger partial charge in [-0.1, -0.05) is 12.1 Å². The van der Waals surface area contributed by atoms with E-state index < -0.39 is 0 Å². The van der Waals surface area contributed by atoms with E-state index in [1.54, 1.807) is 0 Å². The lowest BCUT2D eigenvalue weighted by Gasteiger charge is -2.29.